The second-order valence-corrected chi connectivity index (χ2v) is 6.08. The second kappa shape index (κ2) is 7.56. The Kier molecular flexibility index (Phi) is 5.75. The van der Waals surface area contributed by atoms with Gasteiger partial charge in [-0.3, -0.25) is 4.79 Å². The lowest BCUT2D eigenvalue weighted by atomic mass is 9.74. The first-order valence-corrected chi connectivity index (χ1v) is 7.92. The lowest BCUT2D eigenvalue weighted by Crippen LogP contribution is -2.55. The maximum absolute atomic E-state index is 12.4. The van der Waals surface area contributed by atoms with Gasteiger partial charge in [0, 0.05) is 24.6 Å². The Bertz CT molecular complexity index is 514. The third-order valence-electron chi connectivity index (χ3n) is 4.48. The number of benzene rings is 1. The summed E-state index contributed by atoms with van der Waals surface area (Å²) >= 11 is 0. The van der Waals surface area contributed by atoms with Gasteiger partial charge in [0.1, 0.15) is 0 Å². The molecule has 2 N–H and O–H groups in total. The van der Waals surface area contributed by atoms with Crippen molar-refractivity contribution in [2.24, 2.45) is 5.41 Å². The summed E-state index contributed by atoms with van der Waals surface area (Å²) in [5.41, 5.74) is 0.401. The molecule has 1 aromatic carbocycles. The van der Waals surface area contributed by atoms with Crippen LogP contribution in [0.5, 0.6) is 0 Å². The molecular weight excluding hydrogens is 278 g/mol. The van der Waals surface area contributed by atoms with Crippen molar-refractivity contribution < 1.29 is 15.0 Å². The van der Waals surface area contributed by atoms with Gasteiger partial charge in [0.15, 0.2) is 0 Å². The molecular formula is C18H25NO3. The van der Waals surface area contributed by atoms with E-state index in [9.17, 15) is 15.0 Å². The van der Waals surface area contributed by atoms with Crippen molar-refractivity contribution in [1.82, 2.24) is 4.90 Å². The highest BCUT2D eigenvalue weighted by atomic mass is 16.3. The van der Waals surface area contributed by atoms with Gasteiger partial charge in [-0.25, -0.2) is 0 Å². The number of likely N-dealkylation sites (tertiary alicyclic amines) is 1. The van der Waals surface area contributed by atoms with E-state index in [4.69, 9.17) is 0 Å². The van der Waals surface area contributed by atoms with Gasteiger partial charge in [0.2, 0.25) is 5.91 Å². The first kappa shape index (κ1) is 16.7. The monoisotopic (exact) mass is 303 g/mol. The summed E-state index contributed by atoms with van der Waals surface area (Å²) < 4.78 is 0. The van der Waals surface area contributed by atoms with Crippen LogP contribution < -0.4 is 0 Å². The van der Waals surface area contributed by atoms with E-state index in [0.717, 1.165) is 18.4 Å². The van der Waals surface area contributed by atoms with Gasteiger partial charge >= 0.3 is 0 Å². The molecule has 2 rings (SSSR count). The summed E-state index contributed by atoms with van der Waals surface area (Å²) in [6, 6.07) is 9.68. The number of nitrogens with zero attached hydrogens (tertiary/aromatic N) is 1. The first-order chi connectivity index (χ1) is 10.6. The number of amides is 1. The Labute approximate surface area is 132 Å². The molecule has 1 amide bonds. The zero-order chi connectivity index (χ0) is 16.0. The van der Waals surface area contributed by atoms with Crippen molar-refractivity contribution in [2.75, 3.05) is 19.7 Å². The summed E-state index contributed by atoms with van der Waals surface area (Å²) in [6.07, 6.45) is 4.94. The van der Waals surface area contributed by atoms with Crippen LogP contribution in [0.1, 0.15) is 31.7 Å². The molecule has 0 saturated carbocycles. The number of aliphatic hydroxyl groups excluding tert-OH is 2. The zero-order valence-corrected chi connectivity index (χ0v) is 13.1. The minimum Gasteiger partial charge on any atom is -0.396 e. The fourth-order valence-electron chi connectivity index (χ4n) is 3.15. The lowest BCUT2D eigenvalue weighted by molar-refractivity contribution is -0.137. The number of hydrogen-bond donors (Lipinski definition) is 2. The molecule has 0 aromatic heterocycles. The van der Waals surface area contributed by atoms with Crippen LogP contribution in [0.4, 0.5) is 0 Å². The minimum atomic E-state index is -0.580. The van der Waals surface area contributed by atoms with Crippen molar-refractivity contribution in [3.8, 4) is 0 Å². The fourth-order valence-corrected chi connectivity index (χ4v) is 3.15. The smallest absolute Gasteiger partial charge is 0.246 e. The number of aliphatic hydroxyl groups is 2. The van der Waals surface area contributed by atoms with Gasteiger partial charge in [-0.2, -0.15) is 0 Å². The van der Waals surface area contributed by atoms with Crippen molar-refractivity contribution in [3.63, 3.8) is 0 Å². The van der Waals surface area contributed by atoms with Gasteiger partial charge in [-0.05, 0) is 24.5 Å². The topological polar surface area (TPSA) is 60.8 Å². The number of carbonyl (C=O) groups is 1. The van der Waals surface area contributed by atoms with Crippen molar-refractivity contribution in [1.29, 1.82) is 0 Å². The normalized spacial score (nSPS) is 25.6. The first-order valence-electron chi connectivity index (χ1n) is 7.92. The van der Waals surface area contributed by atoms with Crippen LogP contribution in [0.2, 0.25) is 0 Å². The molecule has 4 heteroatoms. The van der Waals surface area contributed by atoms with E-state index in [1.165, 1.54) is 0 Å². The SMILES string of the molecule is CCC[C@]1(CO)CN(C(=O)C=Cc2ccccc2)CC[C@H]1O. The standard InChI is InChI=1S/C18H25NO3/c1-2-11-18(14-20)13-19(12-10-16(18)21)17(22)9-8-15-6-4-3-5-7-15/h3-9,16,20-21H,2,10-14H2,1H3/t16-,18-/m1/s1. The molecule has 2 atom stereocenters. The van der Waals surface area contributed by atoms with Crippen LogP contribution in [-0.2, 0) is 4.79 Å². The summed E-state index contributed by atoms with van der Waals surface area (Å²) in [4.78, 5) is 14.1. The molecule has 1 aliphatic heterocycles. The van der Waals surface area contributed by atoms with Crippen molar-refractivity contribution in [3.05, 3.63) is 42.0 Å². The lowest BCUT2D eigenvalue weighted by Gasteiger charge is -2.45. The predicted octanol–water partition coefficient (Wildman–Crippen LogP) is 2.07. The number of piperidine rings is 1. The molecule has 22 heavy (non-hydrogen) atoms. The molecule has 0 bridgehead atoms. The van der Waals surface area contributed by atoms with Crippen molar-refractivity contribution in [2.45, 2.75) is 32.3 Å². The van der Waals surface area contributed by atoms with E-state index >= 15 is 0 Å². The molecule has 0 radical (unpaired) electrons. The molecule has 1 aliphatic rings. The fraction of sp³-hybridized carbons (Fsp3) is 0.500. The average Bonchev–Trinajstić information content (AvgIpc) is 2.56. The molecule has 1 fully saturated rings. The van der Waals surface area contributed by atoms with Gasteiger partial charge in [0.25, 0.3) is 0 Å². The third kappa shape index (κ3) is 3.76. The molecule has 4 nitrogen and oxygen atoms in total. The predicted molar refractivity (Wildman–Crippen MR) is 87.1 cm³/mol. The number of hydrogen-bond acceptors (Lipinski definition) is 3. The molecule has 1 aromatic rings. The van der Waals surface area contributed by atoms with Crippen LogP contribution in [0, 0.1) is 5.41 Å². The van der Waals surface area contributed by atoms with Crippen LogP contribution in [0.25, 0.3) is 6.08 Å². The van der Waals surface area contributed by atoms with Crippen LogP contribution >= 0.6 is 0 Å². The maximum atomic E-state index is 12.4. The highest BCUT2D eigenvalue weighted by Gasteiger charge is 2.42. The Morgan fingerprint density at radius 3 is 2.77 bits per heavy atom. The minimum absolute atomic E-state index is 0.0651. The molecule has 1 heterocycles. The Morgan fingerprint density at radius 2 is 2.14 bits per heavy atom. The number of carbonyl (C=O) groups excluding carboxylic acids is 1. The van der Waals surface area contributed by atoms with Gasteiger partial charge in [-0.1, -0.05) is 43.7 Å². The van der Waals surface area contributed by atoms with E-state index < -0.39 is 11.5 Å². The van der Waals surface area contributed by atoms with Gasteiger partial charge in [-0.15, -0.1) is 0 Å². The van der Waals surface area contributed by atoms with E-state index in [2.05, 4.69) is 0 Å². The van der Waals surface area contributed by atoms with Crippen molar-refractivity contribution >= 4 is 12.0 Å². The van der Waals surface area contributed by atoms with E-state index in [0.29, 0.717) is 19.5 Å². The summed E-state index contributed by atoms with van der Waals surface area (Å²) in [5.74, 6) is -0.0651. The Morgan fingerprint density at radius 1 is 1.41 bits per heavy atom. The van der Waals surface area contributed by atoms with Crippen LogP contribution in [-0.4, -0.2) is 46.8 Å². The highest BCUT2D eigenvalue weighted by molar-refractivity contribution is 5.91. The van der Waals surface area contributed by atoms with E-state index in [1.54, 1.807) is 17.1 Å². The Hall–Kier alpha value is -1.65. The quantitative estimate of drug-likeness (QED) is 0.819. The van der Waals surface area contributed by atoms with Gasteiger partial charge < -0.3 is 15.1 Å². The molecule has 0 spiro atoms. The van der Waals surface area contributed by atoms with Gasteiger partial charge in [0.05, 0.1) is 12.7 Å². The summed E-state index contributed by atoms with van der Waals surface area (Å²) in [6.45, 7) is 2.88. The molecule has 1 saturated heterocycles. The van der Waals surface area contributed by atoms with E-state index in [1.807, 2.05) is 37.3 Å². The number of rotatable bonds is 5. The zero-order valence-electron chi connectivity index (χ0n) is 13.1. The summed E-state index contributed by atoms with van der Waals surface area (Å²) in [5, 5.41) is 20.0. The van der Waals surface area contributed by atoms with Crippen LogP contribution in [0.3, 0.4) is 0 Å². The highest BCUT2D eigenvalue weighted by Crippen LogP contribution is 2.34. The Balaban J connectivity index is 2.05. The molecule has 0 unspecified atom stereocenters. The van der Waals surface area contributed by atoms with Crippen LogP contribution in [0.15, 0.2) is 36.4 Å². The molecule has 120 valence electrons. The average molecular weight is 303 g/mol. The molecule has 0 aliphatic carbocycles. The summed E-state index contributed by atoms with van der Waals surface area (Å²) in [7, 11) is 0. The third-order valence-corrected chi connectivity index (χ3v) is 4.48. The maximum Gasteiger partial charge on any atom is 0.246 e. The largest absolute Gasteiger partial charge is 0.396 e. The second-order valence-electron chi connectivity index (χ2n) is 6.08. The van der Waals surface area contributed by atoms with E-state index in [-0.39, 0.29) is 12.5 Å².